The number of hydrogen-bond acceptors (Lipinski definition) is 5. The van der Waals surface area contributed by atoms with Crippen LogP contribution in [-0.2, 0) is 10.9 Å². The second-order valence-corrected chi connectivity index (χ2v) is 4.49. The van der Waals surface area contributed by atoms with Crippen LogP contribution in [-0.4, -0.2) is 30.3 Å². The van der Waals surface area contributed by atoms with Gasteiger partial charge in [0.25, 0.3) is 0 Å². The Hall–Kier alpha value is -2.50. The number of pyridine rings is 1. The van der Waals surface area contributed by atoms with Crippen LogP contribution in [0.2, 0.25) is 0 Å². The van der Waals surface area contributed by atoms with E-state index in [1.165, 1.54) is 12.3 Å². The molecule has 2 N–H and O–H groups in total. The molecule has 0 spiro atoms. The molecule has 1 aromatic rings. The van der Waals surface area contributed by atoms with Crippen molar-refractivity contribution in [3.63, 3.8) is 0 Å². The van der Waals surface area contributed by atoms with Gasteiger partial charge in [0.05, 0.1) is 24.0 Å². The number of carbonyl (C=O) groups is 1. The van der Waals surface area contributed by atoms with Crippen LogP contribution in [0.15, 0.2) is 12.3 Å². The van der Waals surface area contributed by atoms with Crippen LogP contribution in [0.5, 0.6) is 0 Å². The summed E-state index contributed by atoms with van der Waals surface area (Å²) in [5.74, 6) is 0. The molecule has 1 aliphatic rings. The molecule has 0 aromatic carbocycles. The van der Waals surface area contributed by atoms with E-state index in [0.29, 0.717) is 13.0 Å². The molecule has 0 bridgehead atoms. The van der Waals surface area contributed by atoms with Crippen molar-refractivity contribution < 1.29 is 22.7 Å². The van der Waals surface area contributed by atoms with Crippen molar-refractivity contribution >= 4 is 11.8 Å². The molecule has 0 radical (unpaired) electrons. The lowest BCUT2D eigenvalue weighted by Gasteiger charge is -2.19. The fourth-order valence-corrected chi connectivity index (χ4v) is 2.16. The highest BCUT2D eigenvalue weighted by Crippen LogP contribution is 2.34. The second-order valence-electron chi connectivity index (χ2n) is 4.49. The van der Waals surface area contributed by atoms with Gasteiger partial charge in [-0.1, -0.05) is 0 Å². The zero-order valence-corrected chi connectivity index (χ0v) is 10.7. The zero-order chi connectivity index (χ0) is 15.6. The fraction of sp³-hybridized carbons (Fsp3) is 0.417. The van der Waals surface area contributed by atoms with Crippen LogP contribution in [0.3, 0.4) is 0 Å². The van der Waals surface area contributed by atoms with Crippen molar-refractivity contribution in [2.45, 2.75) is 18.7 Å². The van der Waals surface area contributed by atoms with Gasteiger partial charge in [-0.25, -0.2) is 9.78 Å². The number of aromatic nitrogens is 1. The van der Waals surface area contributed by atoms with E-state index in [4.69, 9.17) is 15.7 Å². The Kier molecular flexibility index (Phi) is 3.88. The Morgan fingerprint density at radius 3 is 2.86 bits per heavy atom. The Balaban J connectivity index is 2.23. The smallest absolute Gasteiger partial charge is 0.419 e. The molecule has 1 atom stereocenters. The van der Waals surface area contributed by atoms with E-state index < -0.39 is 29.6 Å². The highest BCUT2D eigenvalue weighted by atomic mass is 19.4. The van der Waals surface area contributed by atoms with Gasteiger partial charge in [-0.05, 0) is 6.07 Å². The molecular formula is C12H11F3N4O2. The fourth-order valence-electron chi connectivity index (χ4n) is 2.16. The van der Waals surface area contributed by atoms with Crippen molar-refractivity contribution in [3.05, 3.63) is 23.5 Å². The lowest BCUT2D eigenvalue weighted by atomic mass is 10.1. The number of amides is 1. The van der Waals surface area contributed by atoms with Gasteiger partial charge in [0, 0.05) is 13.0 Å². The Bertz CT molecular complexity index is 597. The molecule has 112 valence electrons. The monoisotopic (exact) mass is 300 g/mol. The van der Waals surface area contributed by atoms with E-state index in [2.05, 4.69) is 4.98 Å². The summed E-state index contributed by atoms with van der Waals surface area (Å²) >= 11 is 0. The number of nitrogens with two attached hydrogens (primary N) is 1. The Morgan fingerprint density at radius 2 is 2.29 bits per heavy atom. The number of ether oxygens (including phenoxy) is 1. The highest BCUT2D eigenvalue weighted by Gasteiger charge is 2.36. The number of halogens is 3. The zero-order valence-electron chi connectivity index (χ0n) is 10.7. The van der Waals surface area contributed by atoms with Crippen LogP contribution in [0.25, 0.3) is 0 Å². The summed E-state index contributed by atoms with van der Waals surface area (Å²) in [6.45, 7) is 0.636. The summed E-state index contributed by atoms with van der Waals surface area (Å²) in [4.78, 5) is 15.8. The molecular weight excluding hydrogens is 289 g/mol. The van der Waals surface area contributed by atoms with Crippen LogP contribution in [0.4, 0.5) is 23.7 Å². The van der Waals surface area contributed by atoms with Gasteiger partial charge in [0.1, 0.15) is 12.2 Å². The van der Waals surface area contributed by atoms with Crippen molar-refractivity contribution in [1.29, 1.82) is 5.26 Å². The summed E-state index contributed by atoms with van der Waals surface area (Å²) < 4.78 is 43.4. The van der Waals surface area contributed by atoms with Gasteiger partial charge in [-0.3, -0.25) is 0 Å². The summed E-state index contributed by atoms with van der Waals surface area (Å²) in [5.41, 5.74) is 3.37. The number of nitrogens with zero attached hydrogens (tertiary/aromatic N) is 3. The first-order chi connectivity index (χ1) is 9.81. The van der Waals surface area contributed by atoms with Crippen LogP contribution in [0, 0.1) is 11.3 Å². The minimum Gasteiger partial charge on any atom is -0.444 e. The molecule has 21 heavy (non-hydrogen) atoms. The number of anilines is 1. The molecule has 1 aliphatic heterocycles. The molecule has 1 amide bonds. The number of carbonyl (C=O) groups excluding carboxylic acids is 1. The predicted molar refractivity (Wildman–Crippen MR) is 65.2 cm³/mol. The van der Waals surface area contributed by atoms with E-state index in [0.717, 1.165) is 6.07 Å². The van der Waals surface area contributed by atoms with Crippen molar-refractivity contribution in [1.82, 2.24) is 4.98 Å². The van der Waals surface area contributed by atoms with Gasteiger partial charge in [-0.15, -0.1) is 0 Å². The van der Waals surface area contributed by atoms with Gasteiger partial charge < -0.3 is 15.4 Å². The average molecular weight is 300 g/mol. The molecule has 2 heterocycles. The Labute approximate surface area is 117 Å². The number of hydrogen-bond donors (Lipinski definition) is 1. The van der Waals surface area contributed by atoms with Crippen molar-refractivity contribution in [3.8, 4) is 6.07 Å². The number of primary amides is 1. The van der Waals surface area contributed by atoms with E-state index >= 15 is 0 Å². The molecule has 6 nitrogen and oxygen atoms in total. The highest BCUT2D eigenvalue weighted by molar-refractivity contribution is 5.65. The minimum atomic E-state index is -4.66. The third kappa shape index (κ3) is 3.34. The first kappa shape index (κ1) is 14.9. The average Bonchev–Trinajstić information content (AvgIpc) is 2.84. The maximum absolute atomic E-state index is 12.9. The SMILES string of the molecule is N#Cc1ncc(N2CCC(OC(N)=O)C2)cc1C(F)(F)F. The van der Waals surface area contributed by atoms with Crippen LogP contribution >= 0.6 is 0 Å². The van der Waals surface area contributed by atoms with E-state index in [9.17, 15) is 18.0 Å². The molecule has 0 saturated carbocycles. The summed E-state index contributed by atoms with van der Waals surface area (Å²) in [6, 6.07) is 2.29. The van der Waals surface area contributed by atoms with E-state index in [-0.39, 0.29) is 12.2 Å². The summed E-state index contributed by atoms with van der Waals surface area (Å²) in [7, 11) is 0. The molecule has 1 unspecified atom stereocenters. The second kappa shape index (κ2) is 5.47. The van der Waals surface area contributed by atoms with E-state index in [1.54, 1.807) is 4.90 Å². The standard InChI is InChI=1S/C12H11F3N4O2/c13-12(14,15)9-3-7(5-18-10(9)4-16)19-2-1-8(6-19)21-11(17)20/h3,5,8H,1-2,6H2,(H2,17,20). The molecule has 2 rings (SSSR count). The summed E-state index contributed by atoms with van der Waals surface area (Å²) in [6.07, 6.45) is -4.38. The maximum atomic E-state index is 12.9. The molecule has 1 aromatic heterocycles. The normalized spacial score (nSPS) is 18.4. The molecule has 1 saturated heterocycles. The van der Waals surface area contributed by atoms with Crippen LogP contribution in [0.1, 0.15) is 17.7 Å². The van der Waals surface area contributed by atoms with E-state index in [1.807, 2.05) is 0 Å². The molecule has 1 fully saturated rings. The maximum Gasteiger partial charge on any atom is 0.419 e. The number of nitriles is 1. The summed E-state index contributed by atoms with van der Waals surface area (Å²) in [5, 5.41) is 8.68. The molecule has 0 aliphatic carbocycles. The van der Waals surface area contributed by atoms with Crippen LogP contribution < -0.4 is 10.6 Å². The lowest BCUT2D eigenvalue weighted by molar-refractivity contribution is -0.138. The third-order valence-electron chi connectivity index (χ3n) is 3.08. The topological polar surface area (TPSA) is 92.2 Å². The van der Waals surface area contributed by atoms with Gasteiger partial charge in [-0.2, -0.15) is 18.4 Å². The number of alkyl halides is 3. The van der Waals surface area contributed by atoms with Gasteiger partial charge in [0.15, 0.2) is 5.69 Å². The first-order valence-corrected chi connectivity index (χ1v) is 5.99. The van der Waals surface area contributed by atoms with Crippen molar-refractivity contribution in [2.75, 3.05) is 18.0 Å². The first-order valence-electron chi connectivity index (χ1n) is 5.99. The predicted octanol–water partition coefficient (Wildman–Crippen LogP) is 1.65. The minimum absolute atomic E-state index is 0.219. The van der Waals surface area contributed by atoms with Gasteiger partial charge >= 0.3 is 12.3 Å². The third-order valence-corrected chi connectivity index (χ3v) is 3.08. The quantitative estimate of drug-likeness (QED) is 0.896. The number of rotatable bonds is 2. The van der Waals surface area contributed by atoms with Crippen molar-refractivity contribution in [2.24, 2.45) is 5.73 Å². The lowest BCUT2D eigenvalue weighted by Crippen LogP contribution is -2.27. The van der Waals surface area contributed by atoms with Gasteiger partial charge in [0.2, 0.25) is 0 Å². The Morgan fingerprint density at radius 1 is 1.57 bits per heavy atom. The largest absolute Gasteiger partial charge is 0.444 e. The molecule has 9 heteroatoms.